The molecule has 0 atom stereocenters. The predicted octanol–water partition coefficient (Wildman–Crippen LogP) is 2.07. The van der Waals surface area contributed by atoms with Gasteiger partial charge in [-0.05, 0) is 36.4 Å². The van der Waals surface area contributed by atoms with Crippen molar-refractivity contribution >= 4 is 34.2 Å². The lowest BCUT2D eigenvalue weighted by Crippen LogP contribution is -2.12. The SMILES string of the molecule is CC(=O)Nc1cccc(NC(=O)c2ccc3[nH]c(=O)[nH]c3c2)c1. The molecule has 2 aromatic carbocycles. The zero-order valence-corrected chi connectivity index (χ0v) is 12.3. The number of carbonyl (C=O) groups is 2. The molecule has 23 heavy (non-hydrogen) atoms. The van der Waals surface area contributed by atoms with Crippen molar-refractivity contribution in [3.05, 3.63) is 58.5 Å². The molecule has 7 heteroatoms. The molecule has 2 amide bonds. The molecule has 0 bridgehead atoms. The Morgan fingerprint density at radius 2 is 1.61 bits per heavy atom. The van der Waals surface area contributed by atoms with Crippen molar-refractivity contribution in [1.82, 2.24) is 9.97 Å². The molecule has 3 rings (SSSR count). The van der Waals surface area contributed by atoms with Crippen LogP contribution in [0.15, 0.2) is 47.3 Å². The van der Waals surface area contributed by atoms with Crippen LogP contribution in [0.1, 0.15) is 17.3 Å². The second kappa shape index (κ2) is 5.80. The molecule has 7 nitrogen and oxygen atoms in total. The molecule has 0 fully saturated rings. The maximum atomic E-state index is 12.3. The van der Waals surface area contributed by atoms with E-state index in [1.165, 1.54) is 6.92 Å². The average molecular weight is 310 g/mol. The number of aromatic nitrogens is 2. The summed E-state index contributed by atoms with van der Waals surface area (Å²) in [6.07, 6.45) is 0. The Balaban J connectivity index is 1.82. The standard InChI is InChI=1S/C16H14N4O3/c1-9(21)17-11-3-2-4-12(8-11)18-15(22)10-5-6-13-14(7-10)20-16(23)19-13/h2-8H,1H3,(H,17,21)(H,18,22)(H2,19,20,23). The number of rotatable bonds is 3. The van der Waals surface area contributed by atoms with Gasteiger partial charge in [-0.15, -0.1) is 0 Å². The second-order valence-corrected chi connectivity index (χ2v) is 5.06. The number of hydrogen-bond donors (Lipinski definition) is 4. The average Bonchev–Trinajstić information content (AvgIpc) is 2.85. The van der Waals surface area contributed by atoms with Crippen LogP contribution in [0, 0.1) is 0 Å². The summed E-state index contributed by atoms with van der Waals surface area (Å²) in [7, 11) is 0. The summed E-state index contributed by atoms with van der Waals surface area (Å²) < 4.78 is 0. The Kier molecular flexibility index (Phi) is 3.68. The molecule has 0 saturated heterocycles. The zero-order valence-electron chi connectivity index (χ0n) is 12.3. The van der Waals surface area contributed by atoms with Crippen LogP contribution >= 0.6 is 0 Å². The number of carbonyl (C=O) groups excluding carboxylic acids is 2. The second-order valence-electron chi connectivity index (χ2n) is 5.06. The van der Waals surface area contributed by atoms with Crippen molar-refractivity contribution in [2.75, 3.05) is 10.6 Å². The molecule has 0 aliphatic carbocycles. The highest BCUT2D eigenvalue weighted by Gasteiger charge is 2.09. The van der Waals surface area contributed by atoms with Crippen molar-refractivity contribution < 1.29 is 9.59 Å². The van der Waals surface area contributed by atoms with E-state index >= 15 is 0 Å². The molecule has 1 aromatic heterocycles. The highest BCUT2D eigenvalue weighted by atomic mass is 16.2. The molecule has 3 aromatic rings. The van der Waals surface area contributed by atoms with E-state index in [1.54, 1.807) is 42.5 Å². The Hall–Kier alpha value is -3.35. The van der Waals surface area contributed by atoms with E-state index in [4.69, 9.17) is 0 Å². The predicted molar refractivity (Wildman–Crippen MR) is 87.6 cm³/mol. The van der Waals surface area contributed by atoms with Gasteiger partial charge in [-0.2, -0.15) is 0 Å². The van der Waals surface area contributed by atoms with Crippen LogP contribution < -0.4 is 16.3 Å². The minimum Gasteiger partial charge on any atom is -0.326 e. The fourth-order valence-corrected chi connectivity index (χ4v) is 2.26. The van der Waals surface area contributed by atoms with E-state index in [0.717, 1.165) is 0 Å². The van der Waals surface area contributed by atoms with Gasteiger partial charge < -0.3 is 20.6 Å². The zero-order chi connectivity index (χ0) is 16.4. The van der Waals surface area contributed by atoms with Gasteiger partial charge in [0.25, 0.3) is 5.91 Å². The number of aromatic amines is 2. The molecule has 0 saturated carbocycles. The fraction of sp³-hybridized carbons (Fsp3) is 0.0625. The first kappa shape index (κ1) is 14.6. The first-order valence-electron chi connectivity index (χ1n) is 6.92. The largest absolute Gasteiger partial charge is 0.326 e. The molecule has 1 heterocycles. The normalized spacial score (nSPS) is 10.5. The number of anilines is 2. The van der Waals surface area contributed by atoms with Gasteiger partial charge in [0.2, 0.25) is 5.91 Å². The van der Waals surface area contributed by atoms with Crippen LogP contribution in [0.2, 0.25) is 0 Å². The molecular weight excluding hydrogens is 296 g/mol. The Morgan fingerprint density at radius 1 is 0.913 bits per heavy atom. The van der Waals surface area contributed by atoms with Crippen LogP contribution in [-0.4, -0.2) is 21.8 Å². The van der Waals surface area contributed by atoms with Gasteiger partial charge in [0.05, 0.1) is 11.0 Å². The van der Waals surface area contributed by atoms with Gasteiger partial charge in [0, 0.05) is 23.9 Å². The number of fused-ring (bicyclic) bond motifs is 1. The summed E-state index contributed by atoms with van der Waals surface area (Å²) in [5.74, 6) is -0.496. The first-order chi connectivity index (χ1) is 11.0. The van der Waals surface area contributed by atoms with Gasteiger partial charge in [-0.25, -0.2) is 4.79 Å². The van der Waals surface area contributed by atoms with Gasteiger partial charge in [-0.1, -0.05) is 6.07 Å². The van der Waals surface area contributed by atoms with Crippen LogP contribution in [0.25, 0.3) is 11.0 Å². The minimum absolute atomic E-state index is 0.185. The van der Waals surface area contributed by atoms with Crippen molar-refractivity contribution in [3.63, 3.8) is 0 Å². The van der Waals surface area contributed by atoms with Gasteiger partial charge in [-0.3, -0.25) is 9.59 Å². The van der Waals surface area contributed by atoms with Crippen molar-refractivity contribution in [2.24, 2.45) is 0 Å². The van der Waals surface area contributed by atoms with Gasteiger partial charge in [0.15, 0.2) is 0 Å². The van der Waals surface area contributed by atoms with Crippen LogP contribution in [0.4, 0.5) is 11.4 Å². The first-order valence-corrected chi connectivity index (χ1v) is 6.92. The molecule has 0 aliphatic heterocycles. The van der Waals surface area contributed by atoms with Gasteiger partial charge >= 0.3 is 5.69 Å². The third kappa shape index (κ3) is 3.29. The lowest BCUT2D eigenvalue weighted by atomic mass is 10.2. The van der Waals surface area contributed by atoms with E-state index in [9.17, 15) is 14.4 Å². The highest BCUT2D eigenvalue weighted by molar-refractivity contribution is 6.06. The van der Waals surface area contributed by atoms with Gasteiger partial charge in [0.1, 0.15) is 0 Å². The Labute approximate surface area is 130 Å². The summed E-state index contributed by atoms with van der Waals surface area (Å²) in [6, 6.07) is 11.7. The summed E-state index contributed by atoms with van der Waals surface area (Å²) in [6.45, 7) is 1.41. The number of hydrogen-bond acceptors (Lipinski definition) is 3. The third-order valence-corrected chi connectivity index (χ3v) is 3.22. The number of nitrogens with one attached hydrogen (secondary N) is 4. The monoisotopic (exact) mass is 310 g/mol. The maximum absolute atomic E-state index is 12.3. The number of benzene rings is 2. The third-order valence-electron chi connectivity index (χ3n) is 3.22. The van der Waals surface area contributed by atoms with Crippen LogP contribution in [0.3, 0.4) is 0 Å². The van der Waals surface area contributed by atoms with Crippen molar-refractivity contribution in [3.8, 4) is 0 Å². The van der Waals surface area contributed by atoms with Crippen molar-refractivity contribution in [1.29, 1.82) is 0 Å². The smallest absolute Gasteiger partial charge is 0.323 e. The van der Waals surface area contributed by atoms with Crippen LogP contribution in [0.5, 0.6) is 0 Å². The highest BCUT2D eigenvalue weighted by Crippen LogP contribution is 2.17. The molecule has 0 spiro atoms. The molecule has 4 N–H and O–H groups in total. The lowest BCUT2D eigenvalue weighted by Gasteiger charge is -2.08. The Bertz CT molecular complexity index is 955. The van der Waals surface area contributed by atoms with E-state index < -0.39 is 0 Å². The number of amides is 2. The minimum atomic E-state index is -0.319. The van der Waals surface area contributed by atoms with E-state index in [1.807, 2.05) is 0 Å². The van der Waals surface area contributed by atoms with Crippen LogP contribution in [-0.2, 0) is 4.79 Å². The lowest BCUT2D eigenvalue weighted by molar-refractivity contribution is -0.114. The summed E-state index contributed by atoms with van der Waals surface area (Å²) >= 11 is 0. The maximum Gasteiger partial charge on any atom is 0.323 e. The van der Waals surface area contributed by atoms with E-state index in [0.29, 0.717) is 28.0 Å². The summed E-state index contributed by atoms with van der Waals surface area (Å²) in [5.41, 5.74) is 2.46. The fourth-order valence-electron chi connectivity index (χ4n) is 2.26. The molecule has 0 radical (unpaired) electrons. The Morgan fingerprint density at radius 3 is 2.35 bits per heavy atom. The topological polar surface area (TPSA) is 107 Å². The molecule has 0 aliphatic rings. The molecular formula is C16H14N4O3. The number of H-pyrrole nitrogens is 2. The van der Waals surface area contributed by atoms with Crippen molar-refractivity contribution in [2.45, 2.75) is 6.92 Å². The van der Waals surface area contributed by atoms with E-state index in [2.05, 4.69) is 20.6 Å². The quantitative estimate of drug-likeness (QED) is 0.595. The summed E-state index contributed by atoms with van der Waals surface area (Å²) in [5, 5.41) is 5.40. The van der Waals surface area contributed by atoms with E-state index in [-0.39, 0.29) is 17.5 Å². The number of imidazole rings is 1. The molecule has 116 valence electrons. The summed E-state index contributed by atoms with van der Waals surface area (Å²) in [4.78, 5) is 39.8. The molecule has 0 unspecified atom stereocenters.